The first-order valence-electron chi connectivity index (χ1n) is 14.4. The number of pyridine rings is 2. The second kappa shape index (κ2) is 12.3. The minimum atomic E-state index is 0. The van der Waals surface area contributed by atoms with E-state index in [-0.39, 0.29) is 20.1 Å². The minimum Gasteiger partial charge on any atom is -0.456 e. The summed E-state index contributed by atoms with van der Waals surface area (Å²) in [6, 6.07) is 50.5. The van der Waals surface area contributed by atoms with Gasteiger partial charge >= 0.3 is 0 Å². The van der Waals surface area contributed by atoms with Gasteiger partial charge < -0.3 is 18.8 Å². The summed E-state index contributed by atoms with van der Waals surface area (Å²) < 4.78 is 12.7. The maximum absolute atomic E-state index is 6.44. The van der Waals surface area contributed by atoms with Crippen molar-refractivity contribution in [3.63, 3.8) is 0 Å². The largest absolute Gasteiger partial charge is 0.456 e. The van der Waals surface area contributed by atoms with Crippen molar-refractivity contribution in [1.29, 1.82) is 0 Å². The molecule has 0 aliphatic rings. The van der Waals surface area contributed by atoms with E-state index in [0.29, 0.717) is 0 Å². The summed E-state index contributed by atoms with van der Waals surface area (Å²) in [5.74, 6) is 0. The van der Waals surface area contributed by atoms with Gasteiger partial charge in [-0.05, 0) is 47.3 Å². The van der Waals surface area contributed by atoms with E-state index < -0.39 is 0 Å². The van der Waals surface area contributed by atoms with Gasteiger partial charge in [-0.1, -0.05) is 54.6 Å². The van der Waals surface area contributed by atoms with E-state index in [1.807, 2.05) is 115 Å². The van der Waals surface area contributed by atoms with Crippen molar-refractivity contribution >= 4 is 43.9 Å². The third-order valence-corrected chi connectivity index (χ3v) is 7.69. The van der Waals surface area contributed by atoms with E-state index in [1.54, 1.807) is 6.20 Å². The van der Waals surface area contributed by atoms with E-state index in [4.69, 9.17) is 8.83 Å². The predicted molar refractivity (Wildman–Crippen MR) is 177 cm³/mol. The Morgan fingerprint density at radius 2 is 1.13 bits per heavy atom. The Kier molecular flexibility index (Phi) is 7.79. The summed E-state index contributed by atoms with van der Waals surface area (Å²) in [5.41, 5.74) is 9.35. The summed E-state index contributed by atoms with van der Waals surface area (Å²) in [6.45, 7) is 0. The van der Waals surface area contributed by atoms with E-state index in [2.05, 4.69) is 46.4 Å². The normalized spacial score (nSPS) is 10.9. The van der Waals surface area contributed by atoms with Crippen molar-refractivity contribution in [3.8, 4) is 33.6 Å². The molecule has 5 heteroatoms. The van der Waals surface area contributed by atoms with Crippen LogP contribution < -0.4 is 0 Å². The van der Waals surface area contributed by atoms with Crippen molar-refractivity contribution in [2.45, 2.75) is 0 Å². The number of aromatic nitrogens is 2. The van der Waals surface area contributed by atoms with Gasteiger partial charge in [0.1, 0.15) is 22.3 Å². The van der Waals surface area contributed by atoms with Gasteiger partial charge in [0.2, 0.25) is 0 Å². The summed E-state index contributed by atoms with van der Waals surface area (Å²) >= 11 is 0. The topological polar surface area (TPSA) is 52.1 Å². The quantitative estimate of drug-likeness (QED) is 0.169. The van der Waals surface area contributed by atoms with Crippen LogP contribution in [0.3, 0.4) is 0 Å². The molecular formula is C40H24IrN2O2-2. The number of hydrogen-bond acceptors (Lipinski definition) is 4. The van der Waals surface area contributed by atoms with Gasteiger partial charge in [0, 0.05) is 59.6 Å². The Morgan fingerprint density at radius 3 is 1.84 bits per heavy atom. The minimum absolute atomic E-state index is 0. The Balaban J connectivity index is 0.000000211. The molecule has 4 heterocycles. The SMILES string of the molecule is [Ir].[c-]1ccccc1-c1cc(-c2c3oc4ccccc4c3cc3oc4ccccc4c23)ccn1.[c-]1ccccc1-c1ccccn1. The number of rotatable bonds is 3. The zero-order valence-electron chi connectivity index (χ0n) is 23.9. The van der Waals surface area contributed by atoms with Gasteiger partial charge in [-0.15, -0.1) is 71.8 Å². The zero-order valence-corrected chi connectivity index (χ0v) is 26.3. The van der Waals surface area contributed by atoms with Crippen LogP contribution in [0.4, 0.5) is 0 Å². The molecule has 4 aromatic heterocycles. The molecule has 0 atom stereocenters. The first-order chi connectivity index (χ1) is 21.8. The summed E-state index contributed by atoms with van der Waals surface area (Å²) in [7, 11) is 0. The maximum atomic E-state index is 6.44. The van der Waals surface area contributed by atoms with E-state index in [1.165, 1.54) is 0 Å². The zero-order chi connectivity index (χ0) is 29.3. The number of benzene rings is 5. The van der Waals surface area contributed by atoms with Gasteiger partial charge in [0.05, 0.1) is 0 Å². The molecular weight excluding hydrogens is 733 g/mol. The molecule has 4 nitrogen and oxygen atoms in total. The Labute approximate surface area is 273 Å². The maximum Gasteiger partial charge on any atom is 0.144 e. The Bertz CT molecular complexity index is 2340. The van der Waals surface area contributed by atoms with E-state index in [0.717, 1.165) is 77.5 Å². The fourth-order valence-electron chi connectivity index (χ4n) is 5.70. The van der Waals surface area contributed by atoms with Crippen LogP contribution in [0.2, 0.25) is 0 Å². The van der Waals surface area contributed by atoms with Crippen LogP contribution in [0, 0.1) is 12.1 Å². The smallest absolute Gasteiger partial charge is 0.144 e. The summed E-state index contributed by atoms with van der Waals surface area (Å²) in [6.07, 6.45) is 3.64. The Hall–Kier alpha value is -5.35. The molecule has 217 valence electrons. The summed E-state index contributed by atoms with van der Waals surface area (Å²) in [5, 5.41) is 4.26. The first kappa shape index (κ1) is 28.4. The monoisotopic (exact) mass is 757 g/mol. The molecule has 0 aliphatic carbocycles. The van der Waals surface area contributed by atoms with Crippen LogP contribution in [0.5, 0.6) is 0 Å². The fraction of sp³-hybridized carbons (Fsp3) is 0. The number of fused-ring (bicyclic) bond motifs is 6. The molecule has 9 aromatic rings. The molecule has 45 heavy (non-hydrogen) atoms. The predicted octanol–water partition coefficient (Wildman–Crippen LogP) is 10.6. The molecule has 9 rings (SSSR count). The van der Waals surface area contributed by atoms with Crippen molar-refractivity contribution in [1.82, 2.24) is 9.97 Å². The second-order valence-electron chi connectivity index (χ2n) is 10.4. The van der Waals surface area contributed by atoms with Crippen LogP contribution >= 0.6 is 0 Å². The molecule has 0 spiro atoms. The molecule has 0 aliphatic heterocycles. The van der Waals surface area contributed by atoms with Gasteiger partial charge in [0.25, 0.3) is 0 Å². The molecule has 0 unspecified atom stereocenters. The number of nitrogens with zero attached hydrogens (tertiary/aromatic N) is 2. The first-order valence-corrected chi connectivity index (χ1v) is 14.4. The van der Waals surface area contributed by atoms with Gasteiger partial charge in [-0.25, -0.2) is 0 Å². The Morgan fingerprint density at radius 1 is 0.489 bits per heavy atom. The molecule has 0 saturated heterocycles. The molecule has 0 N–H and O–H groups in total. The number of furan rings is 2. The van der Waals surface area contributed by atoms with Crippen LogP contribution in [-0.4, -0.2) is 9.97 Å². The molecule has 5 aromatic carbocycles. The van der Waals surface area contributed by atoms with E-state index >= 15 is 0 Å². The second-order valence-corrected chi connectivity index (χ2v) is 10.4. The molecule has 0 fully saturated rings. The van der Waals surface area contributed by atoms with Crippen molar-refractivity contribution in [2.75, 3.05) is 0 Å². The number of para-hydroxylation sites is 2. The third kappa shape index (κ3) is 5.33. The fourth-order valence-corrected chi connectivity index (χ4v) is 5.70. The van der Waals surface area contributed by atoms with Gasteiger partial charge in [-0.2, -0.15) is 0 Å². The van der Waals surface area contributed by atoms with Gasteiger partial charge in [-0.3, -0.25) is 0 Å². The average molecular weight is 757 g/mol. The van der Waals surface area contributed by atoms with Crippen LogP contribution in [-0.2, 0) is 20.1 Å². The van der Waals surface area contributed by atoms with Crippen molar-refractivity contribution in [2.24, 2.45) is 0 Å². The molecule has 0 amide bonds. The van der Waals surface area contributed by atoms with E-state index in [9.17, 15) is 0 Å². The standard InChI is InChI=1S/C29H16NO2.C11H8N.Ir/c1-2-8-18(9-3-1)23-16-19(14-15-30-23)27-28-21-11-5-7-13-25(21)31-26(28)17-22-20-10-4-6-12-24(20)32-29(22)27;1-2-6-10(7-3-1)11-8-4-5-9-12-11;/h1-8,10-17H;1-6,8-9H;/q2*-1;. The van der Waals surface area contributed by atoms with Crippen LogP contribution in [0.25, 0.3) is 77.5 Å². The molecule has 0 bridgehead atoms. The number of hydrogen-bond donors (Lipinski definition) is 0. The molecule has 1 radical (unpaired) electrons. The third-order valence-electron chi connectivity index (χ3n) is 7.69. The van der Waals surface area contributed by atoms with Gasteiger partial charge in [0.15, 0.2) is 0 Å². The average Bonchev–Trinajstić information content (AvgIpc) is 3.67. The van der Waals surface area contributed by atoms with Crippen LogP contribution in [0.1, 0.15) is 0 Å². The van der Waals surface area contributed by atoms with Crippen LogP contribution in [0.15, 0.2) is 155 Å². The van der Waals surface area contributed by atoms with Crippen molar-refractivity contribution in [3.05, 3.63) is 158 Å². The summed E-state index contributed by atoms with van der Waals surface area (Å²) in [4.78, 5) is 8.82. The van der Waals surface area contributed by atoms with Crippen molar-refractivity contribution < 1.29 is 28.9 Å². The molecule has 0 saturated carbocycles.